The van der Waals surface area contributed by atoms with Crippen molar-refractivity contribution in [2.24, 2.45) is 5.92 Å². The number of hydrogen-bond acceptors (Lipinski definition) is 3. The van der Waals surface area contributed by atoms with Crippen LogP contribution in [0.15, 0.2) is 23.0 Å². The topological polar surface area (TPSA) is 61.3 Å². The van der Waals surface area contributed by atoms with Crippen LogP contribution in [-0.4, -0.2) is 38.7 Å². The molecule has 0 saturated carbocycles. The highest BCUT2D eigenvalue weighted by Gasteiger charge is 2.25. The van der Waals surface area contributed by atoms with E-state index in [2.05, 4.69) is 23.7 Å². The van der Waals surface area contributed by atoms with E-state index in [0.717, 1.165) is 31.6 Å². The van der Waals surface area contributed by atoms with Gasteiger partial charge in [0.05, 0.1) is 11.0 Å². The number of aromatic amines is 1. The molecule has 0 bridgehead atoms. The Hall–Kier alpha value is -1.75. The van der Waals surface area contributed by atoms with Crippen molar-refractivity contribution in [3.8, 4) is 5.75 Å². The van der Waals surface area contributed by atoms with Crippen LogP contribution in [0.1, 0.15) is 20.3 Å². The van der Waals surface area contributed by atoms with E-state index in [0.29, 0.717) is 17.5 Å². The number of aromatic hydroxyl groups is 1. The van der Waals surface area contributed by atoms with Gasteiger partial charge in [0.2, 0.25) is 0 Å². The molecule has 1 aromatic carbocycles. The summed E-state index contributed by atoms with van der Waals surface area (Å²) in [6.07, 6.45) is 1.13. The highest BCUT2D eigenvalue weighted by atomic mass is 16.3. The number of H-pyrrole nitrogens is 1. The Bertz CT molecular complexity index is 671. The molecule has 0 amide bonds. The van der Waals surface area contributed by atoms with E-state index < -0.39 is 0 Å². The quantitative estimate of drug-likeness (QED) is 0.897. The highest BCUT2D eigenvalue weighted by Crippen LogP contribution is 2.22. The van der Waals surface area contributed by atoms with Gasteiger partial charge in [0.15, 0.2) is 0 Å². The number of benzene rings is 1. The molecule has 2 aromatic rings. The van der Waals surface area contributed by atoms with Crippen molar-refractivity contribution in [1.29, 1.82) is 0 Å². The maximum absolute atomic E-state index is 12.1. The number of nitrogens with one attached hydrogen (secondary N) is 1. The number of phenolic OH excluding ortho intramolecular Hbond substituents is 1. The third kappa shape index (κ3) is 2.33. The fourth-order valence-electron chi connectivity index (χ4n) is 3.07. The lowest BCUT2D eigenvalue weighted by molar-refractivity contribution is 0.261. The zero-order valence-electron chi connectivity index (χ0n) is 12.0. The van der Waals surface area contributed by atoms with E-state index in [1.165, 1.54) is 0 Å². The Morgan fingerprint density at radius 3 is 2.95 bits per heavy atom. The van der Waals surface area contributed by atoms with Crippen LogP contribution in [-0.2, 0) is 6.54 Å². The largest absolute Gasteiger partial charge is 0.508 e. The summed E-state index contributed by atoms with van der Waals surface area (Å²) in [5, 5.41) is 9.47. The van der Waals surface area contributed by atoms with Gasteiger partial charge in [0.25, 0.3) is 0 Å². The number of imidazole rings is 1. The molecule has 0 spiro atoms. The fourth-order valence-corrected chi connectivity index (χ4v) is 3.07. The molecule has 1 aromatic heterocycles. The Labute approximate surface area is 117 Å². The first-order valence-corrected chi connectivity index (χ1v) is 7.20. The number of phenols is 1. The fraction of sp³-hybridized carbons (Fsp3) is 0.533. The second-order valence-corrected chi connectivity index (χ2v) is 5.99. The number of nitrogens with zero attached hydrogens (tertiary/aromatic N) is 2. The van der Waals surface area contributed by atoms with Crippen LogP contribution in [0, 0.1) is 5.92 Å². The summed E-state index contributed by atoms with van der Waals surface area (Å²) in [4.78, 5) is 17.3. The average Bonchev–Trinajstić information content (AvgIpc) is 2.96. The first kappa shape index (κ1) is 13.2. The van der Waals surface area contributed by atoms with Gasteiger partial charge in [0.1, 0.15) is 5.75 Å². The number of fused-ring (bicyclic) bond motifs is 1. The van der Waals surface area contributed by atoms with E-state index in [9.17, 15) is 9.90 Å². The first-order chi connectivity index (χ1) is 9.54. The lowest BCUT2D eigenvalue weighted by Gasteiger charge is -2.20. The Morgan fingerprint density at radius 2 is 2.25 bits per heavy atom. The molecule has 3 rings (SSSR count). The van der Waals surface area contributed by atoms with Gasteiger partial charge in [-0.1, -0.05) is 0 Å². The Kier molecular flexibility index (Phi) is 3.30. The van der Waals surface area contributed by atoms with Crippen LogP contribution < -0.4 is 5.69 Å². The maximum atomic E-state index is 12.1. The number of likely N-dealkylation sites (tertiary alicyclic amines) is 1. The standard InChI is InChI=1S/C15H21N3O2/c1-10(2)17-6-5-11(8-17)9-18-14-4-3-12(19)7-13(14)16-15(18)20/h3-4,7,10-11,19H,5-6,8-9H2,1-2H3,(H,16,20). The number of hydrogen-bond donors (Lipinski definition) is 2. The van der Waals surface area contributed by atoms with Crippen LogP contribution in [0.4, 0.5) is 0 Å². The van der Waals surface area contributed by atoms with Crippen molar-refractivity contribution >= 4 is 11.0 Å². The van der Waals surface area contributed by atoms with Gasteiger partial charge >= 0.3 is 5.69 Å². The summed E-state index contributed by atoms with van der Waals surface area (Å²) in [5.41, 5.74) is 1.48. The summed E-state index contributed by atoms with van der Waals surface area (Å²) in [5.74, 6) is 0.695. The average molecular weight is 275 g/mol. The normalized spacial score (nSPS) is 20.2. The van der Waals surface area contributed by atoms with Gasteiger partial charge in [0, 0.05) is 25.2 Å². The van der Waals surface area contributed by atoms with Crippen molar-refractivity contribution in [2.75, 3.05) is 13.1 Å². The second-order valence-electron chi connectivity index (χ2n) is 5.99. The van der Waals surface area contributed by atoms with E-state index >= 15 is 0 Å². The molecular formula is C15H21N3O2. The van der Waals surface area contributed by atoms with Gasteiger partial charge in [-0.25, -0.2) is 4.79 Å². The van der Waals surface area contributed by atoms with Gasteiger partial charge in [-0.3, -0.25) is 4.57 Å². The van der Waals surface area contributed by atoms with Crippen LogP contribution in [0.2, 0.25) is 0 Å². The Balaban J connectivity index is 1.85. The maximum Gasteiger partial charge on any atom is 0.326 e. The Morgan fingerprint density at radius 1 is 1.45 bits per heavy atom. The van der Waals surface area contributed by atoms with Crippen molar-refractivity contribution in [3.63, 3.8) is 0 Å². The number of aromatic nitrogens is 2. The molecular weight excluding hydrogens is 254 g/mol. The van der Waals surface area contributed by atoms with Crippen LogP contribution >= 0.6 is 0 Å². The molecule has 108 valence electrons. The summed E-state index contributed by atoms with van der Waals surface area (Å²) in [7, 11) is 0. The SMILES string of the molecule is CC(C)N1CCC(Cn2c(=O)[nH]c3cc(O)ccc32)C1. The highest BCUT2D eigenvalue weighted by molar-refractivity contribution is 5.76. The molecule has 1 aliphatic heterocycles. The lowest BCUT2D eigenvalue weighted by atomic mass is 10.1. The van der Waals surface area contributed by atoms with E-state index in [-0.39, 0.29) is 11.4 Å². The van der Waals surface area contributed by atoms with E-state index in [4.69, 9.17) is 0 Å². The van der Waals surface area contributed by atoms with Gasteiger partial charge in [-0.15, -0.1) is 0 Å². The predicted molar refractivity (Wildman–Crippen MR) is 79.0 cm³/mol. The third-order valence-electron chi connectivity index (χ3n) is 4.25. The van der Waals surface area contributed by atoms with Crippen LogP contribution in [0.25, 0.3) is 11.0 Å². The third-order valence-corrected chi connectivity index (χ3v) is 4.25. The predicted octanol–water partition coefficient (Wildman–Crippen LogP) is 1.77. The molecule has 1 saturated heterocycles. The van der Waals surface area contributed by atoms with Crippen molar-refractivity contribution in [2.45, 2.75) is 32.9 Å². The molecule has 1 aliphatic rings. The second kappa shape index (κ2) is 4.98. The first-order valence-electron chi connectivity index (χ1n) is 7.20. The molecule has 1 fully saturated rings. The lowest BCUT2D eigenvalue weighted by Crippen LogP contribution is -2.29. The van der Waals surface area contributed by atoms with Crippen molar-refractivity contribution in [3.05, 3.63) is 28.7 Å². The van der Waals surface area contributed by atoms with Gasteiger partial charge in [-0.05, 0) is 44.9 Å². The molecule has 20 heavy (non-hydrogen) atoms. The van der Waals surface area contributed by atoms with Gasteiger partial charge in [-0.2, -0.15) is 0 Å². The molecule has 5 heteroatoms. The smallest absolute Gasteiger partial charge is 0.326 e. The number of rotatable bonds is 3. The minimum atomic E-state index is -0.0893. The molecule has 1 unspecified atom stereocenters. The molecule has 0 radical (unpaired) electrons. The molecule has 2 N–H and O–H groups in total. The molecule has 5 nitrogen and oxygen atoms in total. The zero-order chi connectivity index (χ0) is 14.3. The van der Waals surface area contributed by atoms with E-state index in [1.807, 2.05) is 0 Å². The molecule has 0 aliphatic carbocycles. The minimum Gasteiger partial charge on any atom is -0.508 e. The summed E-state index contributed by atoms with van der Waals surface area (Å²) in [6.45, 7) is 7.33. The zero-order valence-corrected chi connectivity index (χ0v) is 12.0. The van der Waals surface area contributed by atoms with Crippen molar-refractivity contribution in [1.82, 2.24) is 14.5 Å². The van der Waals surface area contributed by atoms with E-state index in [1.54, 1.807) is 22.8 Å². The summed E-state index contributed by atoms with van der Waals surface area (Å²) in [6, 6.07) is 5.60. The summed E-state index contributed by atoms with van der Waals surface area (Å²) >= 11 is 0. The summed E-state index contributed by atoms with van der Waals surface area (Å²) < 4.78 is 1.79. The monoisotopic (exact) mass is 275 g/mol. The van der Waals surface area contributed by atoms with Crippen LogP contribution in [0.3, 0.4) is 0 Å². The minimum absolute atomic E-state index is 0.0893. The molecule has 1 atom stereocenters. The van der Waals surface area contributed by atoms with Crippen molar-refractivity contribution < 1.29 is 5.11 Å². The molecule has 2 heterocycles. The van der Waals surface area contributed by atoms with Gasteiger partial charge < -0.3 is 15.0 Å². The van der Waals surface area contributed by atoms with Crippen LogP contribution in [0.5, 0.6) is 5.75 Å².